The Bertz CT molecular complexity index is 1650. The van der Waals surface area contributed by atoms with Crippen LogP contribution in [-0.4, -0.2) is 22.7 Å². The number of aromatic nitrogens is 3. The van der Waals surface area contributed by atoms with Crippen LogP contribution in [0.4, 0.5) is 0 Å². The van der Waals surface area contributed by atoms with Crippen molar-refractivity contribution < 1.29 is 4.57 Å². The Morgan fingerprint density at radius 1 is 0.900 bits per heavy atom. The summed E-state index contributed by atoms with van der Waals surface area (Å²) in [6.07, 6.45) is 1.99. The molecule has 30 heavy (non-hydrogen) atoms. The van der Waals surface area contributed by atoms with Crippen LogP contribution in [-0.2, 0) is 7.05 Å². The number of aryl methyl sites for hydroxylation is 3. The van der Waals surface area contributed by atoms with Gasteiger partial charge in [-0.1, -0.05) is 0 Å². The zero-order valence-electron chi connectivity index (χ0n) is 18.5. The number of para-hydroxylation sites is 1. The molecule has 0 aliphatic rings. The molecule has 3 aromatic carbocycles. The van der Waals surface area contributed by atoms with E-state index in [2.05, 4.69) is 89.6 Å². The summed E-state index contributed by atoms with van der Waals surface area (Å²) in [6, 6.07) is 16.1. The quantitative estimate of drug-likeness (QED) is 0.142. The molecular weight excluding hydrogens is 427 g/mol. The average molecular weight is 453 g/mol. The topological polar surface area (TPSA) is 21.2 Å². The molecule has 0 aliphatic heterocycles. The van der Waals surface area contributed by atoms with Gasteiger partial charge in [0.15, 0.2) is 0 Å². The molecule has 0 atom stereocenters. The Morgan fingerprint density at radius 3 is 2.43 bits per heavy atom. The summed E-state index contributed by atoms with van der Waals surface area (Å²) in [5, 5.41) is 5.31. The maximum atomic E-state index is 4.89. The number of pyridine rings is 1. The summed E-state index contributed by atoms with van der Waals surface area (Å²) in [5.41, 5.74) is 9.04. The third kappa shape index (κ3) is 2.16. The fourth-order valence-electron chi connectivity index (χ4n) is 5.15. The van der Waals surface area contributed by atoms with E-state index in [-0.39, 0.29) is 0 Å². The molecule has 0 fully saturated rings. The maximum absolute atomic E-state index is 4.89. The molecule has 0 radical (unpaired) electrons. The first-order chi connectivity index (χ1) is 14.3. The summed E-state index contributed by atoms with van der Waals surface area (Å²) in [6.45, 7) is 4.50. The van der Waals surface area contributed by atoms with E-state index in [0.717, 1.165) is 5.52 Å². The van der Waals surface area contributed by atoms with Gasteiger partial charge in [0.25, 0.3) is 0 Å². The van der Waals surface area contributed by atoms with Crippen LogP contribution in [0.15, 0.2) is 48.8 Å². The van der Waals surface area contributed by atoms with Crippen molar-refractivity contribution in [3.05, 3.63) is 59.9 Å². The van der Waals surface area contributed by atoms with Crippen molar-refractivity contribution in [1.29, 1.82) is 0 Å². The second-order valence-corrected chi connectivity index (χ2v) is 20.4. The first kappa shape index (κ1) is 18.1. The van der Waals surface area contributed by atoms with E-state index in [0.29, 0.717) is 0 Å². The molecule has 6 rings (SSSR count). The van der Waals surface area contributed by atoms with Crippen LogP contribution in [0, 0.1) is 13.8 Å². The molecule has 0 spiro atoms. The number of fused-ring (bicyclic) bond motifs is 5. The molecule has 0 N–H and O–H groups in total. The van der Waals surface area contributed by atoms with Gasteiger partial charge in [0.2, 0.25) is 0 Å². The van der Waals surface area contributed by atoms with E-state index in [4.69, 9.17) is 4.98 Å². The second kappa shape index (κ2) is 5.73. The zero-order valence-corrected chi connectivity index (χ0v) is 20.6. The molecule has 3 nitrogen and oxygen atoms in total. The molecule has 6 aromatic rings. The first-order valence-corrected chi connectivity index (χ1v) is 18.0. The minimum absolute atomic E-state index is 1.12. The Labute approximate surface area is 178 Å². The van der Waals surface area contributed by atoms with Crippen LogP contribution in [0.3, 0.4) is 0 Å². The van der Waals surface area contributed by atoms with Crippen molar-refractivity contribution in [1.82, 2.24) is 9.38 Å². The summed E-state index contributed by atoms with van der Waals surface area (Å²) in [7, 11) is 2.13. The van der Waals surface area contributed by atoms with Crippen LogP contribution in [0.25, 0.3) is 49.1 Å². The van der Waals surface area contributed by atoms with Gasteiger partial charge in [-0.25, -0.2) is 0 Å². The Balaban J connectivity index is 2.09. The number of benzene rings is 3. The van der Waals surface area contributed by atoms with Crippen LogP contribution in [0.1, 0.15) is 11.1 Å². The monoisotopic (exact) mass is 454 g/mol. The van der Waals surface area contributed by atoms with Gasteiger partial charge in [-0.05, 0) is 0 Å². The van der Waals surface area contributed by atoms with Crippen molar-refractivity contribution in [3.63, 3.8) is 0 Å². The van der Waals surface area contributed by atoms with Crippen molar-refractivity contribution in [2.75, 3.05) is 0 Å². The van der Waals surface area contributed by atoms with Gasteiger partial charge >= 0.3 is 179 Å². The van der Waals surface area contributed by atoms with Gasteiger partial charge in [-0.2, -0.15) is 0 Å². The third-order valence-corrected chi connectivity index (χ3v) is 11.1. The van der Waals surface area contributed by atoms with Gasteiger partial charge in [-0.15, -0.1) is 0 Å². The Morgan fingerprint density at radius 2 is 1.67 bits per heavy atom. The molecule has 0 unspecified atom stereocenters. The molecule has 0 aliphatic carbocycles. The van der Waals surface area contributed by atoms with Crippen LogP contribution < -0.4 is 8.96 Å². The predicted octanol–water partition coefficient (Wildman–Crippen LogP) is 5.37. The SMILES string of the molecule is Cc1cc2c3ccccc3n3c4c[c]([Ge]([CH3])([CH3])[CH3])cc5nc[n+](C)c(c(c1C)c23)c54. The fourth-order valence-corrected chi connectivity index (χ4v) is 7.54. The zero-order chi connectivity index (χ0) is 20.9. The number of nitrogens with zero attached hydrogens (tertiary/aromatic N) is 3. The van der Waals surface area contributed by atoms with Crippen molar-refractivity contribution in [2.24, 2.45) is 7.05 Å². The van der Waals surface area contributed by atoms with Crippen molar-refractivity contribution in [2.45, 2.75) is 31.1 Å². The number of hydrogen-bond acceptors (Lipinski definition) is 1. The van der Waals surface area contributed by atoms with Gasteiger partial charge in [0.05, 0.1) is 0 Å². The standard InChI is InChI=1S/C26H26GeN3/c1-15-11-19-18-9-7-8-10-21(18)30-22-13-17(27(3,4)5)12-20-24(22)26(29(6)14-28-20)23(16(15)2)25(19)30/h7-14H,1-6H3/q+1. The van der Waals surface area contributed by atoms with E-state index in [1.165, 1.54) is 59.1 Å². The first-order valence-electron chi connectivity index (χ1n) is 10.6. The fraction of sp³-hybridized carbons (Fsp3) is 0.231. The van der Waals surface area contributed by atoms with E-state index in [1.54, 1.807) is 0 Å². The van der Waals surface area contributed by atoms with Crippen molar-refractivity contribution >= 4 is 66.8 Å². The van der Waals surface area contributed by atoms with E-state index < -0.39 is 13.3 Å². The van der Waals surface area contributed by atoms with E-state index >= 15 is 0 Å². The van der Waals surface area contributed by atoms with Gasteiger partial charge in [-0.3, -0.25) is 0 Å². The Hall–Kier alpha value is -2.66. The molecular formula is C26H26GeN3+. The Kier molecular flexibility index (Phi) is 3.46. The van der Waals surface area contributed by atoms with Crippen LogP contribution in [0.5, 0.6) is 0 Å². The molecule has 3 heterocycles. The summed E-state index contributed by atoms with van der Waals surface area (Å²) in [4.78, 5) is 4.89. The van der Waals surface area contributed by atoms with Gasteiger partial charge in [0, 0.05) is 0 Å². The normalized spacial score (nSPS) is 13.0. The number of rotatable bonds is 1. The molecule has 0 saturated carbocycles. The summed E-state index contributed by atoms with van der Waals surface area (Å²) in [5.74, 6) is 7.39. The van der Waals surface area contributed by atoms with Gasteiger partial charge < -0.3 is 0 Å². The summed E-state index contributed by atoms with van der Waals surface area (Å²) >= 11 is -2.05. The van der Waals surface area contributed by atoms with E-state index in [9.17, 15) is 0 Å². The molecule has 0 bridgehead atoms. The van der Waals surface area contributed by atoms with Crippen LogP contribution in [0.2, 0.25) is 17.3 Å². The average Bonchev–Trinajstić information content (AvgIpc) is 3.03. The molecule has 0 amide bonds. The predicted molar refractivity (Wildman–Crippen MR) is 130 cm³/mol. The third-order valence-electron chi connectivity index (χ3n) is 6.88. The molecule has 4 heteroatoms. The molecule has 0 saturated heterocycles. The van der Waals surface area contributed by atoms with Crippen molar-refractivity contribution in [3.8, 4) is 0 Å². The number of hydrogen-bond donors (Lipinski definition) is 0. The molecule has 148 valence electrons. The second-order valence-electron chi connectivity index (χ2n) is 9.79. The van der Waals surface area contributed by atoms with Crippen LogP contribution >= 0.6 is 0 Å². The summed E-state index contributed by atoms with van der Waals surface area (Å²) < 4.78 is 6.23. The minimum atomic E-state index is -2.05. The van der Waals surface area contributed by atoms with Gasteiger partial charge in [0.1, 0.15) is 0 Å². The molecule has 3 aromatic heterocycles. The van der Waals surface area contributed by atoms with E-state index in [1.807, 2.05) is 6.33 Å².